The normalized spacial score (nSPS) is 11.2. The van der Waals surface area contributed by atoms with E-state index >= 15 is 0 Å². The van der Waals surface area contributed by atoms with Gasteiger partial charge in [-0.25, -0.2) is 0 Å². The van der Waals surface area contributed by atoms with Gasteiger partial charge in [-0.3, -0.25) is 0 Å². The van der Waals surface area contributed by atoms with Crippen molar-refractivity contribution in [2.45, 2.75) is 39.3 Å². The fourth-order valence-electron chi connectivity index (χ4n) is 1.33. The molecule has 0 aliphatic carbocycles. The molecule has 0 aliphatic heterocycles. The van der Waals surface area contributed by atoms with Crippen molar-refractivity contribution in [3.63, 3.8) is 0 Å². The molecular formula is C12H20ClNO2. The third-order valence-corrected chi connectivity index (χ3v) is 2.33. The molecule has 1 aromatic rings. The molecule has 0 fully saturated rings. The summed E-state index contributed by atoms with van der Waals surface area (Å²) in [6, 6.07) is 3.65. The number of unbranched alkanes of at least 4 members (excludes halogenated alkanes) is 1. The first kappa shape index (κ1) is 13.6. The maximum absolute atomic E-state index is 5.66. The van der Waals surface area contributed by atoms with Crippen LogP contribution in [-0.2, 0) is 11.3 Å². The molecule has 0 saturated carbocycles. The number of rotatable bonds is 8. The number of hydrogen-bond acceptors (Lipinski definition) is 3. The molecular weight excluding hydrogens is 226 g/mol. The fraction of sp³-hybridized carbons (Fsp3) is 0.667. The van der Waals surface area contributed by atoms with Crippen LogP contribution in [0.5, 0.6) is 0 Å². The molecule has 0 atom stereocenters. The van der Waals surface area contributed by atoms with Crippen LogP contribution in [0.1, 0.15) is 32.4 Å². The Balaban J connectivity index is 1.92. The second-order valence-electron chi connectivity index (χ2n) is 4.01. The van der Waals surface area contributed by atoms with Crippen molar-refractivity contribution in [1.82, 2.24) is 5.32 Å². The van der Waals surface area contributed by atoms with Crippen LogP contribution in [-0.4, -0.2) is 19.3 Å². The van der Waals surface area contributed by atoms with Gasteiger partial charge >= 0.3 is 0 Å². The third kappa shape index (κ3) is 6.16. The molecule has 1 heterocycles. The highest BCUT2D eigenvalue weighted by Crippen LogP contribution is 2.12. The zero-order valence-corrected chi connectivity index (χ0v) is 10.7. The molecule has 0 aromatic carbocycles. The van der Waals surface area contributed by atoms with E-state index in [1.54, 1.807) is 6.07 Å². The minimum absolute atomic E-state index is 0.332. The molecule has 0 bridgehead atoms. The Labute approximate surface area is 102 Å². The highest BCUT2D eigenvalue weighted by atomic mass is 35.5. The Kier molecular flexibility index (Phi) is 6.53. The number of ether oxygens (including phenoxy) is 1. The summed E-state index contributed by atoms with van der Waals surface area (Å²) in [5, 5.41) is 3.74. The van der Waals surface area contributed by atoms with Gasteiger partial charge in [0.2, 0.25) is 0 Å². The van der Waals surface area contributed by atoms with E-state index in [9.17, 15) is 0 Å². The first-order chi connectivity index (χ1) is 7.68. The van der Waals surface area contributed by atoms with E-state index in [0.717, 1.165) is 38.3 Å². The van der Waals surface area contributed by atoms with Gasteiger partial charge in [-0.05, 0) is 57.0 Å². The van der Waals surface area contributed by atoms with Crippen molar-refractivity contribution in [3.05, 3.63) is 23.1 Å². The molecule has 0 radical (unpaired) electrons. The molecule has 1 rings (SSSR count). The molecule has 1 N–H and O–H groups in total. The van der Waals surface area contributed by atoms with Crippen LogP contribution in [0.25, 0.3) is 0 Å². The molecule has 1 aromatic heterocycles. The van der Waals surface area contributed by atoms with Gasteiger partial charge in [-0.15, -0.1) is 0 Å². The van der Waals surface area contributed by atoms with E-state index in [4.69, 9.17) is 20.8 Å². The Morgan fingerprint density at radius 2 is 2.19 bits per heavy atom. The second kappa shape index (κ2) is 7.71. The van der Waals surface area contributed by atoms with Crippen molar-refractivity contribution in [2.75, 3.05) is 13.2 Å². The van der Waals surface area contributed by atoms with Crippen molar-refractivity contribution in [1.29, 1.82) is 0 Å². The maximum Gasteiger partial charge on any atom is 0.193 e. The predicted octanol–water partition coefficient (Wildman–Crippen LogP) is 3.23. The van der Waals surface area contributed by atoms with Gasteiger partial charge in [0, 0.05) is 6.61 Å². The molecule has 3 nitrogen and oxygen atoms in total. The van der Waals surface area contributed by atoms with E-state index < -0.39 is 0 Å². The van der Waals surface area contributed by atoms with Crippen molar-refractivity contribution in [2.24, 2.45) is 0 Å². The standard InChI is InChI=1S/C12H20ClNO2/c1-10(2)15-8-4-3-7-14-9-11-5-6-12(13)16-11/h5-6,10,14H,3-4,7-9H2,1-2H3. The van der Waals surface area contributed by atoms with E-state index in [1.807, 2.05) is 6.07 Å². The molecule has 92 valence electrons. The van der Waals surface area contributed by atoms with Gasteiger partial charge in [-0.2, -0.15) is 0 Å². The Morgan fingerprint density at radius 1 is 1.38 bits per heavy atom. The zero-order valence-electron chi connectivity index (χ0n) is 9.96. The lowest BCUT2D eigenvalue weighted by Crippen LogP contribution is -2.15. The first-order valence-electron chi connectivity index (χ1n) is 5.75. The quantitative estimate of drug-likeness (QED) is 0.714. The third-order valence-electron chi connectivity index (χ3n) is 2.13. The number of halogens is 1. The van der Waals surface area contributed by atoms with Gasteiger partial charge in [0.25, 0.3) is 0 Å². The average Bonchev–Trinajstić information content (AvgIpc) is 2.62. The van der Waals surface area contributed by atoms with Gasteiger partial charge in [0.05, 0.1) is 12.6 Å². The molecule has 0 amide bonds. The van der Waals surface area contributed by atoms with Crippen LogP contribution in [0.15, 0.2) is 16.5 Å². The summed E-state index contributed by atoms with van der Waals surface area (Å²) >= 11 is 5.66. The number of furan rings is 1. The summed E-state index contributed by atoms with van der Waals surface area (Å²) < 4.78 is 10.7. The van der Waals surface area contributed by atoms with Gasteiger partial charge < -0.3 is 14.5 Å². The maximum atomic E-state index is 5.66. The van der Waals surface area contributed by atoms with Crippen molar-refractivity contribution >= 4 is 11.6 Å². The molecule has 0 spiro atoms. The van der Waals surface area contributed by atoms with E-state index in [0.29, 0.717) is 11.3 Å². The minimum Gasteiger partial charge on any atom is -0.448 e. The Morgan fingerprint density at radius 3 is 2.81 bits per heavy atom. The Bertz CT molecular complexity index is 286. The Hall–Kier alpha value is -0.510. The fourth-order valence-corrected chi connectivity index (χ4v) is 1.49. The summed E-state index contributed by atoms with van der Waals surface area (Å²) in [6.07, 6.45) is 2.53. The van der Waals surface area contributed by atoms with Crippen LogP contribution in [0.3, 0.4) is 0 Å². The van der Waals surface area contributed by atoms with E-state index in [1.165, 1.54) is 0 Å². The molecule has 16 heavy (non-hydrogen) atoms. The monoisotopic (exact) mass is 245 g/mol. The van der Waals surface area contributed by atoms with Gasteiger partial charge in [0.1, 0.15) is 5.76 Å². The van der Waals surface area contributed by atoms with Crippen molar-refractivity contribution in [3.8, 4) is 0 Å². The lowest BCUT2D eigenvalue weighted by atomic mass is 10.3. The van der Waals surface area contributed by atoms with Crippen LogP contribution < -0.4 is 5.32 Å². The number of nitrogens with one attached hydrogen (secondary N) is 1. The summed E-state index contributed by atoms with van der Waals surface area (Å²) in [4.78, 5) is 0. The van der Waals surface area contributed by atoms with Crippen LogP contribution in [0.2, 0.25) is 5.22 Å². The molecule has 0 aliphatic rings. The molecule has 0 saturated heterocycles. The summed E-state index contributed by atoms with van der Waals surface area (Å²) in [5.41, 5.74) is 0. The van der Waals surface area contributed by atoms with Crippen LogP contribution in [0, 0.1) is 0 Å². The van der Waals surface area contributed by atoms with Gasteiger partial charge in [-0.1, -0.05) is 0 Å². The first-order valence-corrected chi connectivity index (χ1v) is 6.13. The zero-order chi connectivity index (χ0) is 11.8. The molecule has 0 unspecified atom stereocenters. The highest BCUT2D eigenvalue weighted by Gasteiger charge is 1.98. The largest absolute Gasteiger partial charge is 0.448 e. The summed E-state index contributed by atoms with van der Waals surface area (Å²) in [5.74, 6) is 0.878. The van der Waals surface area contributed by atoms with E-state index in [-0.39, 0.29) is 0 Å². The predicted molar refractivity (Wildman–Crippen MR) is 65.7 cm³/mol. The highest BCUT2D eigenvalue weighted by molar-refractivity contribution is 6.28. The second-order valence-corrected chi connectivity index (χ2v) is 4.38. The van der Waals surface area contributed by atoms with Crippen LogP contribution in [0.4, 0.5) is 0 Å². The van der Waals surface area contributed by atoms with Crippen molar-refractivity contribution < 1.29 is 9.15 Å². The topological polar surface area (TPSA) is 34.4 Å². The minimum atomic E-state index is 0.332. The lowest BCUT2D eigenvalue weighted by Gasteiger charge is -2.07. The lowest BCUT2D eigenvalue weighted by molar-refractivity contribution is 0.0760. The van der Waals surface area contributed by atoms with Gasteiger partial charge in [0.15, 0.2) is 5.22 Å². The molecule has 4 heteroatoms. The SMILES string of the molecule is CC(C)OCCCCNCc1ccc(Cl)o1. The summed E-state index contributed by atoms with van der Waals surface area (Å²) in [6.45, 7) is 6.65. The number of hydrogen-bond donors (Lipinski definition) is 1. The average molecular weight is 246 g/mol. The van der Waals surface area contributed by atoms with Crippen LogP contribution >= 0.6 is 11.6 Å². The smallest absolute Gasteiger partial charge is 0.193 e. The summed E-state index contributed by atoms with van der Waals surface area (Å²) in [7, 11) is 0. The van der Waals surface area contributed by atoms with E-state index in [2.05, 4.69) is 19.2 Å².